The highest BCUT2D eigenvalue weighted by Crippen LogP contribution is 2.68. The maximum atomic E-state index is 13.2. The van der Waals surface area contributed by atoms with Crippen LogP contribution in [0.15, 0.2) is 59.5 Å². The van der Waals surface area contributed by atoms with Crippen molar-refractivity contribution < 1.29 is 18.3 Å². The third-order valence-corrected chi connectivity index (χ3v) is 7.32. The maximum Gasteiger partial charge on any atom is 0.311 e. The number of hydrogen-bond acceptors (Lipinski definition) is 3. The van der Waals surface area contributed by atoms with E-state index in [-0.39, 0.29) is 17.4 Å². The number of carboxylic acid groups (broad SMARTS) is 1. The first-order valence-electron chi connectivity index (χ1n) is 8.24. The second-order valence-corrected chi connectivity index (χ2v) is 8.84. The predicted molar refractivity (Wildman–Crippen MR) is 92.4 cm³/mol. The summed E-state index contributed by atoms with van der Waals surface area (Å²) in [6, 6.07) is 15.1. The Kier molecular flexibility index (Phi) is 3.53. The fourth-order valence-electron chi connectivity index (χ4n) is 4.05. The van der Waals surface area contributed by atoms with Crippen molar-refractivity contribution in [1.82, 2.24) is 4.31 Å². The van der Waals surface area contributed by atoms with Gasteiger partial charge in [-0.15, -0.1) is 0 Å². The van der Waals surface area contributed by atoms with E-state index < -0.39 is 27.4 Å². The average molecular weight is 357 g/mol. The fourth-order valence-corrected chi connectivity index (χ4v) is 5.77. The van der Waals surface area contributed by atoms with Crippen molar-refractivity contribution >= 4 is 16.0 Å². The maximum absolute atomic E-state index is 13.2. The zero-order valence-corrected chi connectivity index (χ0v) is 14.6. The topological polar surface area (TPSA) is 74.7 Å². The van der Waals surface area contributed by atoms with Gasteiger partial charge in [0.15, 0.2) is 0 Å². The number of fused-ring (bicyclic) bond motifs is 1. The first kappa shape index (κ1) is 16.3. The molecule has 2 aliphatic rings. The standard InChI is InChI=1S/C19H19NO4S/c1-13-7-9-16(10-8-13)25(23,24)20-12-15-11-19(15,18(21)22)17(20)14-5-3-2-4-6-14/h2-10,15,17H,11-12H2,1H3,(H,21,22)/t15?,17-,19-/m0/s1. The van der Waals surface area contributed by atoms with Crippen molar-refractivity contribution in [2.75, 3.05) is 6.54 Å². The quantitative estimate of drug-likeness (QED) is 0.913. The highest BCUT2D eigenvalue weighted by atomic mass is 32.2. The van der Waals surface area contributed by atoms with E-state index in [9.17, 15) is 18.3 Å². The van der Waals surface area contributed by atoms with E-state index in [4.69, 9.17) is 0 Å². The number of sulfonamides is 1. The molecule has 0 bridgehead atoms. The first-order chi connectivity index (χ1) is 11.9. The number of aliphatic carboxylic acids is 1. The molecule has 2 aromatic carbocycles. The minimum absolute atomic E-state index is 0.129. The molecule has 2 aromatic rings. The van der Waals surface area contributed by atoms with Crippen molar-refractivity contribution in [3.63, 3.8) is 0 Å². The second-order valence-electron chi connectivity index (χ2n) is 6.95. The van der Waals surface area contributed by atoms with E-state index in [1.54, 1.807) is 24.3 Å². The molecule has 0 aromatic heterocycles. The molecular formula is C19H19NO4S. The Balaban J connectivity index is 1.81. The number of nitrogens with zero attached hydrogens (tertiary/aromatic N) is 1. The van der Waals surface area contributed by atoms with E-state index >= 15 is 0 Å². The molecule has 1 heterocycles. The van der Waals surface area contributed by atoms with Gasteiger partial charge in [-0.25, -0.2) is 8.42 Å². The second kappa shape index (κ2) is 5.41. The fraction of sp³-hybridized carbons (Fsp3) is 0.316. The summed E-state index contributed by atoms with van der Waals surface area (Å²) in [4.78, 5) is 12.2. The van der Waals surface area contributed by atoms with Gasteiger partial charge in [0, 0.05) is 6.54 Å². The Morgan fingerprint density at radius 1 is 1.12 bits per heavy atom. The monoisotopic (exact) mass is 357 g/mol. The largest absolute Gasteiger partial charge is 0.481 e. The number of rotatable bonds is 4. The van der Waals surface area contributed by atoms with E-state index in [0.717, 1.165) is 11.1 Å². The van der Waals surface area contributed by atoms with Crippen LogP contribution in [0.1, 0.15) is 23.6 Å². The predicted octanol–water partition coefficient (Wildman–Crippen LogP) is 2.83. The summed E-state index contributed by atoms with van der Waals surface area (Å²) < 4.78 is 27.8. The van der Waals surface area contributed by atoms with Gasteiger partial charge in [0.1, 0.15) is 0 Å². The third-order valence-electron chi connectivity index (χ3n) is 5.47. The van der Waals surface area contributed by atoms with Gasteiger partial charge in [-0.1, -0.05) is 48.0 Å². The Morgan fingerprint density at radius 3 is 2.36 bits per heavy atom. The smallest absolute Gasteiger partial charge is 0.311 e. The lowest BCUT2D eigenvalue weighted by Crippen LogP contribution is -2.37. The molecule has 0 amide bonds. The molecule has 1 saturated carbocycles. The summed E-state index contributed by atoms with van der Waals surface area (Å²) in [5.74, 6) is -1.04. The summed E-state index contributed by atoms with van der Waals surface area (Å²) in [6.45, 7) is 2.15. The summed E-state index contributed by atoms with van der Waals surface area (Å²) in [5, 5.41) is 9.81. The van der Waals surface area contributed by atoms with Crippen molar-refractivity contribution in [2.24, 2.45) is 11.3 Å². The number of benzene rings is 2. The molecule has 25 heavy (non-hydrogen) atoms. The van der Waals surface area contributed by atoms with Gasteiger partial charge in [-0.2, -0.15) is 4.31 Å². The Labute approximate surface area is 147 Å². The minimum Gasteiger partial charge on any atom is -0.481 e. The highest BCUT2D eigenvalue weighted by molar-refractivity contribution is 7.89. The third kappa shape index (κ3) is 2.32. The van der Waals surface area contributed by atoms with Crippen LogP contribution in [-0.4, -0.2) is 30.3 Å². The van der Waals surface area contributed by atoms with Crippen LogP contribution in [0.5, 0.6) is 0 Å². The molecule has 1 unspecified atom stereocenters. The number of hydrogen-bond donors (Lipinski definition) is 1. The zero-order chi connectivity index (χ0) is 17.8. The summed E-state index contributed by atoms with van der Waals surface area (Å²) in [7, 11) is -3.76. The highest BCUT2D eigenvalue weighted by Gasteiger charge is 2.73. The number of carbonyl (C=O) groups is 1. The molecule has 0 radical (unpaired) electrons. The van der Waals surface area contributed by atoms with Crippen molar-refractivity contribution in [3.8, 4) is 0 Å². The molecule has 3 atom stereocenters. The van der Waals surface area contributed by atoms with Crippen LogP contribution in [0.3, 0.4) is 0 Å². The lowest BCUT2D eigenvalue weighted by molar-refractivity contribution is -0.144. The number of piperidine rings is 1. The van der Waals surface area contributed by atoms with E-state index in [1.165, 1.54) is 4.31 Å². The van der Waals surface area contributed by atoms with Crippen LogP contribution in [0.2, 0.25) is 0 Å². The molecule has 6 heteroatoms. The molecule has 1 aliphatic carbocycles. The van der Waals surface area contributed by atoms with Crippen LogP contribution in [0.25, 0.3) is 0 Å². The van der Waals surface area contributed by atoms with Crippen LogP contribution in [0, 0.1) is 18.3 Å². The Hall–Kier alpha value is -2.18. The molecule has 1 N–H and O–H groups in total. The van der Waals surface area contributed by atoms with Crippen LogP contribution in [0.4, 0.5) is 0 Å². The lowest BCUT2D eigenvalue weighted by Gasteiger charge is -2.30. The van der Waals surface area contributed by atoms with E-state index in [0.29, 0.717) is 6.42 Å². The first-order valence-corrected chi connectivity index (χ1v) is 9.68. The van der Waals surface area contributed by atoms with Crippen molar-refractivity contribution in [2.45, 2.75) is 24.3 Å². The van der Waals surface area contributed by atoms with Gasteiger partial charge in [-0.05, 0) is 37.0 Å². The van der Waals surface area contributed by atoms with Crippen LogP contribution in [-0.2, 0) is 14.8 Å². The number of carboxylic acids is 1. The lowest BCUT2D eigenvalue weighted by atomic mass is 9.91. The molecule has 1 aliphatic heterocycles. The zero-order valence-electron chi connectivity index (χ0n) is 13.8. The summed E-state index contributed by atoms with van der Waals surface area (Å²) in [6.07, 6.45) is 0.530. The van der Waals surface area contributed by atoms with E-state index in [1.807, 2.05) is 37.3 Å². The molecule has 0 spiro atoms. The SMILES string of the molecule is Cc1ccc(S(=O)(=O)N2CC3C[C@@]3(C(=O)O)[C@@H]2c2ccccc2)cc1. The van der Waals surface area contributed by atoms with E-state index in [2.05, 4.69) is 0 Å². The molecular weight excluding hydrogens is 338 g/mol. The Morgan fingerprint density at radius 2 is 1.76 bits per heavy atom. The summed E-state index contributed by atoms with van der Waals surface area (Å²) in [5.41, 5.74) is 0.712. The van der Waals surface area contributed by atoms with Gasteiger partial charge in [0.2, 0.25) is 10.0 Å². The normalized spacial score (nSPS) is 28.5. The van der Waals surface area contributed by atoms with Gasteiger partial charge in [0.25, 0.3) is 0 Å². The molecule has 1 saturated heterocycles. The van der Waals surface area contributed by atoms with Gasteiger partial charge < -0.3 is 5.11 Å². The number of aryl methyl sites for hydroxylation is 1. The van der Waals surface area contributed by atoms with Gasteiger partial charge in [0.05, 0.1) is 16.4 Å². The molecule has 2 fully saturated rings. The van der Waals surface area contributed by atoms with Crippen molar-refractivity contribution in [3.05, 3.63) is 65.7 Å². The molecule has 4 rings (SSSR count). The molecule has 5 nitrogen and oxygen atoms in total. The van der Waals surface area contributed by atoms with Crippen LogP contribution < -0.4 is 0 Å². The van der Waals surface area contributed by atoms with Crippen LogP contribution >= 0.6 is 0 Å². The average Bonchev–Trinajstić information content (AvgIpc) is 3.22. The van der Waals surface area contributed by atoms with Gasteiger partial charge in [-0.3, -0.25) is 4.79 Å². The molecule has 130 valence electrons. The minimum atomic E-state index is -3.76. The van der Waals surface area contributed by atoms with Crippen molar-refractivity contribution in [1.29, 1.82) is 0 Å². The Bertz CT molecular complexity index is 924. The summed E-state index contributed by atoms with van der Waals surface area (Å²) >= 11 is 0. The van der Waals surface area contributed by atoms with Gasteiger partial charge >= 0.3 is 5.97 Å².